The topological polar surface area (TPSA) is 52.7 Å². The van der Waals surface area contributed by atoms with Gasteiger partial charge in [0.15, 0.2) is 0 Å². The number of benzene rings is 1. The minimum Gasteiger partial charge on any atom is -0.372 e. The first-order valence-corrected chi connectivity index (χ1v) is 8.87. The van der Waals surface area contributed by atoms with Crippen molar-refractivity contribution in [2.75, 3.05) is 36.0 Å². The van der Waals surface area contributed by atoms with Gasteiger partial charge in [0.05, 0.1) is 0 Å². The van der Waals surface area contributed by atoms with Crippen LogP contribution in [0.25, 0.3) is 0 Å². The van der Waals surface area contributed by atoms with E-state index in [0.29, 0.717) is 12.5 Å². The number of hydrogen-bond acceptors (Lipinski definition) is 3. The van der Waals surface area contributed by atoms with Crippen molar-refractivity contribution in [3.63, 3.8) is 0 Å². The quantitative estimate of drug-likeness (QED) is 0.872. The molecule has 24 heavy (non-hydrogen) atoms. The van der Waals surface area contributed by atoms with Crippen molar-refractivity contribution in [2.24, 2.45) is 5.92 Å². The van der Waals surface area contributed by atoms with E-state index in [1.165, 1.54) is 36.8 Å². The molecule has 5 nitrogen and oxygen atoms in total. The smallest absolute Gasteiger partial charge is 0.240 e. The van der Waals surface area contributed by atoms with Gasteiger partial charge in [-0.05, 0) is 49.4 Å². The highest BCUT2D eigenvalue weighted by molar-refractivity contribution is 5.97. The van der Waals surface area contributed by atoms with Gasteiger partial charge in [-0.1, -0.05) is 13.8 Å². The van der Waals surface area contributed by atoms with E-state index < -0.39 is 0 Å². The van der Waals surface area contributed by atoms with E-state index in [-0.39, 0.29) is 18.4 Å². The number of rotatable bonds is 6. The minimum atomic E-state index is -0.126. The molecule has 5 heteroatoms. The molecular formula is C19H29N3O2. The van der Waals surface area contributed by atoms with Crippen LogP contribution in [0.15, 0.2) is 24.3 Å². The maximum atomic E-state index is 12.0. The van der Waals surface area contributed by atoms with Crippen molar-refractivity contribution in [3.8, 4) is 0 Å². The van der Waals surface area contributed by atoms with Crippen molar-refractivity contribution >= 4 is 23.2 Å². The van der Waals surface area contributed by atoms with Crippen molar-refractivity contribution in [1.82, 2.24) is 5.32 Å². The third-order valence-corrected chi connectivity index (χ3v) is 4.27. The summed E-state index contributed by atoms with van der Waals surface area (Å²) in [5.41, 5.74) is 1.95. The summed E-state index contributed by atoms with van der Waals surface area (Å²) in [7, 11) is 0. The van der Waals surface area contributed by atoms with Crippen LogP contribution in [0.2, 0.25) is 0 Å². The maximum absolute atomic E-state index is 12.0. The largest absolute Gasteiger partial charge is 0.372 e. The number of carbonyl (C=O) groups is 2. The monoisotopic (exact) mass is 331 g/mol. The zero-order chi connectivity index (χ0) is 17.5. The highest BCUT2D eigenvalue weighted by atomic mass is 16.2. The third-order valence-electron chi connectivity index (χ3n) is 4.27. The summed E-state index contributed by atoms with van der Waals surface area (Å²) in [6.07, 6.45) is 3.77. The molecular weight excluding hydrogens is 302 g/mol. The number of amides is 2. The molecule has 1 aliphatic heterocycles. The Kier molecular flexibility index (Phi) is 6.64. The van der Waals surface area contributed by atoms with Crippen LogP contribution in [-0.2, 0) is 9.59 Å². The predicted molar refractivity (Wildman–Crippen MR) is 98.4 cm³/mol. The number of piperidine rings is 1. The second kappa shape index (κ2) is 8.71. The Labute approximate surface area is 145 Å². The molecule has 0 radical (unpaired) electrons. The van der Waals surface area contributed by atoms with E-state index in [4.69, 9.17) is 0 Å². The van der Waals surface area contributed by atoms with Crippen LogP contribution in [0.4, 0.5) is 11.4 Å². The van der Waals surface area contributed by atoms with Gasteiger partial charge in [-0.15, -0.1) is 0 Å². The van der Waals surface area contributed by atoms with Crippen molar-refractivity contribution < 1.29 is 9.59 Å². The van der Waals surface area contributed by atoms with E-state index in [2.05, 4.69) is 10.2 Å². The average Bonchev–Trinajstić information content (AvgIpc) is 2.58. The molecule has 0 aliphatic carbocycles. The first-order chi connectivity index (χ1) is 11.5. The standard InChI is InChI=1S/C19H29N3O2/c1-15(2)13-20-19(24)14-22(16(3)23)18-9-7-17(8-10-18)21-11-5-4-6-12-21/h7-10,15H,4-6,11-14H2,1-3H3,(H,20,24). The zero-order valence-electron chi connectivity index (χ0n) is 15.0. The summed E-state index contributed by atoms with van der Waals surface area (Å²) in [4.78, 5) is 27.9. The van der Waals surface area contributed by atoms with E-state index in [1.807, 2.05) is 38.1 Å². The predicted octanol–water partition coefficient (Wildman–Crippen LogP) is 2.80. The van der Waals surface area contributed by atoms with Crippen LogP contribution in [0.5, 0.6) is 0 Å². The van der Waals surface area contributed by atoms with Gasteiger partial charge in [0.25, 0.3) is 0 Å². The molecule has 0 spiro atoms. The number of anilines is 2. The van der Waals surface area contributed by atoms with Crippen LogP contribution in [0.3, 0.4) is 0 Å². The van der Waals surface area contributed by atoms with E-state index in [0.717, 1.165) is 18.8 Å². The van der Waals surface area contributed by atoms with Gasteiger partial charge < -0.3 is 15.1 Å². The lowest BCUT2D eigenvalue weighted by molar-refractivity contribution is -0.123. The van der Waals surface area contributed by atoms with E-state index >= 15 is 0 Å². The number of hydrogen-bond donors (Lipinski definition) is 1. The summed E-state index contributed by atoms with van der Waals surface area (Å²) in [5.74, 6) is 0.142. The Hall–Kier alpha value is -2.04. The summed E-state index contributed by atoms with van der Waals surface area (Å²) in [6.45, 7) is 8.45. The van der Waals surface area contributed by atoms with Crippen molar-refractivity contribution in [1.29, 1.82) is 0 Å². The molecule has 2 rings (SSSR count). The van der Waals surface area contributed by atoms with Crippen LogP contribution in [0, 0.1) is 5.92 Å². The molecule has 1 aliphatic rings. The average molecular weight is 331 g/mol. The molecule has 0 unspecified atom stereocenters. The zero-order valence-corrected chi connectivity index (χ0v) is 15.0. The van der Waals surface area contributed by atoms with E-state index in [9.17, 15) is 9.59 Å². The Morgan fingerprint density at radius 2 is 1.75 bits per heavy atom. The first-order valence-electron chi connectivity index (χ1n) is 8.87. The van der Waals surface area contributed by atoms with Crippen LogP contribution >= 0.6 is 0 Å². The van der Waals surface area contributed by atoms with Gasteiger partial charge in [0.2, 0.25) is 11.8 Å². The van der Waals surface area contributed by atoms with Crippen molar-refractivity contribution in [3.05, 3.63) is 24.3 Å². The molecule has 2 amide bonds. The Morgan fingerprint density at radius 3 is 2.29 bits per heavy atom. The van der Waals surface area contributed by atoms with Crippen molar-refractivity contribution in [2.45, 2.75) is 40.0 Å². The molecule has 0 saturated carbocycles. The Morgan fingerprint density at radius 1 is 1.12 bits per heavy atom. The Balaban J connectivity index is 2.02. The molecule has 1 heterocycles. The lowest BCUT2D eigenvalue weighted by Gasteiger charge is -2.29. The van der Waals surface area contributed by atoms with Crippen LogP contribution < -0.4 is 15.1 Å². The third kappa shape index (κ3) is 5.25. The number of nitrogens with zero attached hydrogens (tertiary/aromatic N) is 2. The van der Waals surface area contributed by atoms with Gasteiger partial charge in [-0.25, -0.2) is 0 Å². The number of nitrogens with one attached hydrogen (secondary N) is 1. The number of carbonyl (C=O) groups excluding carboxylic acids is 2. The molecule has 1 saturated heterocycles. The molecule has 0 atom stereocenters. The van der Waals surface area contributed by atoms with Gasteiger partial charge in [-0.2, -0.15) is 0 Å². The SMILES string of the molecule is CC(=O)N(CC(=O)NCC(C)C)c1ccc(N2CCCCC2)cc1. The summed E-state index contributed by atoms with van der Waals surface area (Å²) in [5, 5.41) is 2.86. The first kappa shape index (κ1) is 18.3. The maximum Gasteiger partial charge on any atom is 0.240 e. The molecule has 0 bridgehead atoms. The minimum absolute atomic E-state index is 0.0606. The lowest BCUT2D eigenvalue weighted by Crippen LogP contribution is -2.40. The second-order valence-corrected chi connectivity index (χ2v) is 6.87. The fourth-order valence-electron chi connectivity index (χ4n) is 2.90. The van der Waals surface area contributed by atoms with E-state index in [1.54, 1.807) is 0 Å². The van der Waals surface area contributed by atoms with Crippen LogP contribution in [-0.4, -0.2) is 38.0 Å². The molecule has 1 aromatic carbocycles. The summed E-state index contributed by atoms with van der Waals surface area (Å²) >= 11 is 0. The van der Waals surface area contributed by atoms with Gasteiger partial charge >= 0.3 is 0 Å². The highest BCUT2D eigenvalue weighted by Crippen LogP contribution is 2.23. The normalized spacial score (nSPS) is 14.6. The van der Waals surface area contributed by atoms with Gasteiger partial charge in [-0.3, -0.25) is 9.59 Å². The Bertz CT molecular complexity index is 548. The highest BCUT2D eigenvalue weighted by Gasteiger charge is 2.17. The van der Waals surface area contributed by atoms with Gasteiger partial charge in [0.1, 0.15) is 6.54 Å². The molecule has 1 fully saturated rings. The molecule has 1 N–H and O–H groups in total. The molecule has 132 valence electrons. The van der Waals surface area contributed by atoms with Crippen LogP contribution in [0.1, 0.15) is 40.0 Å². The summed E-state index contributed by atoms with van der Waals surface area (Å²) < 4.78 is 0. The fraction of sp³-hybridized carbons (Fsp3) is 0.579. The molecule has 1 aromatic rings. The fourth-order valence-corrected chi connectivity index (χ4v) is 2.90. The lowest BCUT2D eigenvalue weighted by atomic mass is 10.1. The second-order valence-electron chi connectivity index (χ2n) is 6.87. The van der Waals surface area contributed by atoms with Gasteiger partial charge in [0, 0.05) is 37.9 Å². The summed E-state index contributed by atoms with van der Waals surface area (Å²) in [6, 6.07) is 7.95. The molecule has 0 aromatic heterocycles.